The fraction of sp³-hybridized carbons (Fsp3) is 0.346. The van der Waals surface area contributed by atoms with Gasteiger partial charge in [-0.25, -0.2) is 4.98 Å². The molecule has 0 aliphatic heterocycles. The molecule has 0 saturated heterocycles. The molecule has 1 amide bonds. The van der Waals surface area contributed by atoms with Crippen molar-refractivity contribution in [2.75, 3.05) is 19.5 Å². The number of anilines is 1. The summed E-state index contributed by atoms with van der Waals surface area (Å²) in [6, 6.07) is 11.2. The number of methoxy groups -OCH3 is 1. The minimum absolute atomic E-state index is 0.0557. The molecule has 0 atom stereocenters. The van der Waals surface area contributed by atoms with Crippen molar-refractivity contribution in [2.45, 2.75) is 39.5 Å². The molecule has 5 rings (SSSR count). The van der Waals surface area contributed by atoms with Gasteiger partial charge in [0.2, 0.25) is 11.7 Å². The van der Waals surface area contributed by atoms with Crippen LogP contribution in [0.1, 0.15) is 54.5 Å². The van der Waals surface area contributed by atoms with Gasteiger partial charge >= 0.3 is 5.97 Å². The van der Waals surface area contributed by atoms with Crippen molar-refractivity contribution >= 4 is 23.2 Å². The minimum Gasteiger partial charge on any atom is -0.469 e. The van der Waals surface area contributed by atoms with Gasteiger partial charge < -0.3 is 20.3 Å². The summed E-state index contributed by atoms with van der Waals surface area (Å²) in [6.45, 7) is 5.91. The Labute approximate surface area is 209 Å². The zero-order valence-electron chi connectivity index (χ0n) is 21.2. The number of carbonyl (C=O) groups excluding carboxylic acids is 2. The number of hydrogen-bond donors (Lipinski definition) is 2. The molecule has 0 bridgehead atoms. The summed E-state index contributed by atoms with van der Waals surface area (Å²) >= 11 is 0. The number of nitrogens with zero attached hydrogens (tertiary/aromatic N) is 4. The van der Waals surface area contributed by atoms with Gasteiger partial charge in [-0.05, 0) is 50.6 Å². The van der Waals surface area contributed by atoms with Crippen LogP contribution in [0.5, 0.6) is 0 Å². The van der Waals surface area contributed by atoms with Crippen LogP contribution in [0.2, 0.25) is 0 Å². The van der Waals surface area contributed by atoms with Gasteiger partial charge in [0, 0.05) is 23.4 Å². The number of benzene rings is 1. The predicted octanol–water partition coefficient (Wildman–Crippen LogP) is 4.21. The van der Waals surface area contributed by atoms with E-state index in [1.807, 2.05) is 57.2 Å². The number of hydrogen-bond acceptors (Lipinski definition) is 8. The zero-order valence-corrected chi connectivity index (χ0v) is 21.2. The fourth-order valence-electron chi connectivity index (χ4n) is 3.88. The van der Waals surface area contributed by atoms with Crippen molar-refractivity contribution < 1.29 is 18.8 Å². The lowest BCUT2D eigenvalue weighted by Gasteiger charge is -2.30. The first-order valence-corrected chi connectivity index (χ1v) is 11.9. The van der Waals surface area contributed by atoms with Crippen LogP contribution in [0.4, 0.5) is 5.69 Å². The van der Waals surface area contributed by atoms with E-state index in [0.717, 1.165) is 11.1 Å². The standard InChI is InChI=1S/C23H21N5O4.C2H6.CH5N/c1-13-6-7-14(20-26-22(32-27-20)15-9-16(10-15)23(30)31-2)11-17(13)25-21(29)18-12-24-19-5-3-4-8-28(18)19;2*1-2/h3-8,11-12,15-16H,9-10H2,1-2H3,(H,25,29);1-2H3;2H2,1H3. The number of nitrogens with two attached hydrogens (primary N) is 1. The third-order valence-corrected chi connectivity index (χ3v) is 5.86. The number of esters is 1. The minimum atomic E-state index is -0.263. The van der Waals surface area contributed by atoms with E-state index in [4.69, 9.17) is 9.26 Å². The van der Waals surface area contributed by atoms with E-state index in [1.165, 1.54) is 14.2 Å². The number of pyridine rings is 1. The topological polar surface area (TPSA) is 138 Å². The Hall–Kier alpha value is -4.05. The molecule has 36 heavy (non-hydrogen) atoms. The summed E-state index contributed by atoms with van der Waals surface area (Å²) < 4.78 is 11.9. The SMILES string of the molecule is CC.CN.COC(=O)C1CC(c2nc(-c3ccc(C)c(NC(=O)c4cnc5ccccn45)c3)no2)C1. The second-order valence-electron chi connectivity index (χ2n) is 7.90. The molecule has 3 aromatic heterocycles. The highest BCUT2D eigenvalue weighted by atomic mass is 16.5. The van der Waals surface area contributed by atoms with Crippen molar-refractivity contribution in [2.24, 2.45) is 11.7 Å². The molecule has 1 fully saturated rings. The van der Waals surface area contributed by atoms with Gasteiger partial charge in [0.25, 0.3) is 5.91 Å². The molecule has 190 valence electrons. The molecular formula is C26H32N6O4. The number of ether oxygens (including phenoxy) is 1. The number of amides is 1. The van der Waals surface area contributed by atoms with Gasteiger partial charge in [0.05, 0.1) is 19.2 Å². The maximum atomic E-state index is 12.9. The summed E-state index contributed by atoms with van der Waals surface area (Å²) in [5.74, 6) is 0.428. The first-order valence-electron chi connectivity index (χ1n) is 11.9. The van der Waals surface area contributed by atoms with Crippen LogP contribution in [0.3, 0.4) is 0 Å². The first-order chi connectivity index (χ1) is 17.5. The van der Waals surface area contributed by atoms with Crippen molar-refractivity contribution in [3.63, 3.8) is 0 Å². The van der Waals surface area contributed by atoms with E-state index in [-0.39, 0.29) is 23.7 Å². The molecule has 0 radical (unpaired) electrons. The Morgan fingerprint density at radius 1 is 1.17 bits per heavy atom. The quantitative estimate of drug-likeness (QED) is 0.395. The van der Waals surface area contributed by atoms with E-state index in [2.05, 4.69) is 26.2 Å². The van der Waals surface area contributed by atoms with Crippen molar-refractivity contribution in [3.8, 4) is 11.4 Å². The Kier molecular flexibility index (Phi) is 8.91. The summed E-state index contributed by atoms with van der Waals surface area (Å²) in [7, 11) is 2.89. The molecule has 1 aromatic carbocycles. The lowest BCUT2D eigenvalue weighted by molar-refractivity contribution is -0.149. The van der Waals surface area contributed by atoms with E-state index >= 15 is 0 Å². The zero-order chi connectivity index (χ0) is 26.2. The highest BCUT2D eigenvalue weighted by molar-refractivity contribution is 6.04. The average molecular weight is 493 g/mol. The predicted molar refractivity (Wildman–Crippen MR) is 137 cm³/mol. The van der Waals surface area contributed by atoms with Crippen LogP contribution in [0, 0.1) is 12.8 Å². The molecular weight excluding hydrogens is 460 g/mol. The Morgan fingerprint density at radius 2 is 1.92 bits per heavy atom. The van der Waals surface area contributed by atoms with Crippen LogP contribution < -0.4 is 11.1 Å². The smallest absolute Gasteiger partial charge is 0.308 e. The van der Waals surface area contributed by atoms with Gasteiger partial charge in [-0.15, -0.1) is 0 Å². The molecule has 3 heterocycles. The number of carbonyl (C=O) groups is 2. The maximum absolute atomic E-state index is 12.9. The summed E-state index contributed by atoms with van der Waals surface area (Å²) in [4.78, 5) is 33.2. The molecule has 10 nitrogen and oxygen atoms in total. The number of fused-ring (bicyclic) bond motifs is 1. The largest absolute Gasteiger partial charge is 0.469 e. The maximum Gasteiger partial charge on any atom is 0.308 e. The van der Waals surface area contributed by atoms with Crippen LogP contribution in [-0.4, -0.2) is 45.6 Å². The monoisotopic (exact) mass is 492 g/mol. The number of nitrogens with one attached hydrogen (secondary N) is 1. The van der Waals surface area contributed by atoms with E-state index in [1.54, 1.807) is 16.8 Å². The first kappa shape index (κ1) is 26.6. The molecule has 10 heteroatoms. The molecule has 0 unspecified atom stereocenters. The van der Waals surface area contributed by atoms with Gasteiger partial charge in [0.1, 0.15) is 11.3 Å². The van der Waals surface area contributed by atoms with Gasteiger partial charge in [-0.2, -0.15) is 4.98 Å². The number of imidazole rings is 1. The van der Waals surface area contributed by atoms with Crippen LogP contribution in [0.15, 0.2) is 53.3 Å². The van der Waals surface area contributed by atoms with Crippen molar-refractivity contribution in [3.05, 3.63) is 65.9 Å². The van der Waals surface area contributed by atoms with Gasteiger partial charge in [0.15, 0.2) is 0 Å². The Balaban J connectivity index is 0.000000861. The highest BCUT2D eigenvalue weighted by Crippen LogP contribution is 2.42. The Morgan fingerprint density at radius 3 is 2.64 bits per heavy atom. The highest BCUT2D eigenvalue weighted by Gasteiger charge is 2.39. The van der Waals surface area contributed by atoms with E-state index in [0.29, 0.717) is 41.6 Å². The number of aromatic nitrogens is 4. The average Bonchev–Trinajstić information content (AvgIpc) is 3.54. The van der Waals surface area contributed by atoms with E-state index < -0.39 is 0 Å². The molecule has 3 N–H and O–H groups in total. The lowest BCUT2D eigenvalue weighted by atomic mass is 9.75. The van der Waals surface area contributed by atoms with E-state index in [9.17, 15) is 9.59 Å². The molecule has 0 spiro atoms. The third kappa shape index (κ3) is 5.44. The molecule has 4 aromatic rings. The number of aryl methyl sites for hydroxylation is 1. The van der Waals surface area contributed by atoms with Crippen LogP contribution >= 0.6 is 0 Å². The number of rotatable bonds is 5. The second-order valence-corrected chi connectivity index (χ2v) is 7.90. The van der Waals surface area contributed by atoms with Crippen LogP contribution in [-0.2, 0) is 9.53 Å². The van der Waals surface area contributed by atoms with Crippen molar-refractivity contribution in [1.29, 1.82) is 0 Å². The molecule has 1 aliphatic rings. The second kappa shape index (κ2) is 12.1. The Bertz CT molecular complexity index is 1320. The fourth-order valence-corrected chi connectivity index (χ4v) is 3.88. The summed E-state index contributed by atoms with van der Waals surface area (Å²) in [5, 5.41) is 7.05. The van der Waals surface area contributed by atoms with Gasteiger partial charge in [-0.1, -0.05) is 37.2 Å². The van der Waals surface area contributed by atoms with Gasteiger partial charge in [-0.3, -0.25) is 14.0 Å². The molecule has 1 saturated carbocycles. The third-order valence-electron chi connectivity index (χ3n) is 5.86. The normalized spacial score (nSPS) is 16.1. The molecule has 1 aliphatic carbocycles. The van der Waals surface area contributed by atoms with Crippen molar-refractivity contribution in [1.82, 2.24) is 19.5 Å². The lowest BCUT2D eigenvalue weighted by Crippen LogP contribution is -2.30. The van der Waals surface area contributed by atoms with Crippen LogP contribution in [0.25, 0.3) is 17.0 Å². The summed E-state index contributed by atoms with van der Waals surface area (Å²) in [5.41, 5.74) is 7.92. The summed E-state index contributed by atoms with van der Waals surface area (Å²) in [6.07, 6.45) is 4.63.